The van der Waals surface area contributed by atoms with Gasteiger partial charge in [0.05, 0.1) is 6.54 Å². The van der Waals surface area contributed by atoms with Crippen molar-refractivity contribution in [2.24, 2.45) is 5.92 Å². The van der Waals surface area contributed by atoms with Crippen molar-refractivity contribution in [3.8, 4) is 0 Å². The van der Waals surface area contributed by atoms with Gasteiger partial charge in [0.2, 0.25) is 5.91 Å². The highest BCUT2D eigenvalue weighted by Gasteiger charge is 2.29. The van der Waals surface area contributed by atoms with Crippen molar-refractivity contribution in [3.05, 3.63) is 5.82 Å². The molecular weight excluding hydrogens is 244 g/mol. The summed E-state index contributed by atoms with van der Waals surface area (Å²) in [6.07, 6.45) is 5.15. The van der Waals surface area contributed by atoms with Crippen LogP contribution in [0.15, 0.2) is 0 Å². The van der Waals surface area contributed by atoms with E-state index in [4.69, 9.17) is 0 Å². The Morgan fingerprint density at radius 2 is 2.21 bits per heavy atom. The van der Waals surface area contributed by atoms with Gasteiger partial charge >= 0.3 is 0 Å². The fourth-order valence-electron chi connectivity index (χ4n) is 2.54. The van der Waals surface area contributed by atoms with E-state index in [9.17, 15) is 4.79 Å². The summed E-state index contributed by atoms with van der Waals surface area (Å²) in [4.78, 5) is 14.1. The monoisotopic (exact) mass is 264 g/mol. The third-order valence-electron chi connectivity index (χ3n) is 3.92. The van der Waals surface area contributed by atoms with Crippen LogP contribution < -0.4 is 5.32 Å². The molecule has 2 fully saturated rings. The topological polar surface area (TPSA) is 86.8 Å². The summed E-state index contributed by atoms with van der Waals surface area (Å²) in [5.41, 5.74) is 0. The van der Waals surface area contributed by atoms with E-state index in [1.807, 2.05) is 4.90 Å². The maximum Gasteiger partial charge on any atom is 0.222 e. The van der Waals surface area contributed by atoms with Crippen LogP contribution >= 0.6 is 0 Å². The van der Waals surface area contributed by atoms with E-state index in [-0.39, 0.29) is 0 Å². The first kappa shape index (κ1) is 12.5. The van der Waals surface area contributed by atoms with Crippen LogP contribution in [-0.2, 0) is 11.3 Å². The number of amides is 1. The van der Waals surface area contributed by atoms with Crippen molar-refractivity contribution in [2.45, 2.75) is 44.7 Å². The van der Waals surface area contributed by atoms with E-state index in [0.29, 0.717) is 30.7 Å². The highest BCUT2D eigenvalue weighted by atomic mass is 16.2. The number of nitrogens with zero attached hydrogens (tertiary/aromatic N) is 4. The number of hydrogen-bond acceptors (Lipinski definition) is 5. The zero-order valence-electron chi connectivity index (χ0n) is 11.0. The molecule has 19 heavy (non-hydrogen) atoms. The smallest absolute Gasteiger partial charge is 0.222 e. The lowest BCUT2D eigenvalue weighted by atomic mass is 10.1. The Balaban J connectivity index is 1.47. The highest BCUT2D eigenvalue weighted by molar-refractivity contribution is 5.76. The molecule has 7 nitrogen and oxygen atoms in total. The second kappa shape index (κ2) is 5.64. The van der Waals surface area contributed by atoms with Crippen molar-refractivity contribution in [1.29, 1.82) is 0 Å². The van der Waals surface area contributed by atoms with Crippen molar-refractivity contribution in [2.75, 3.05) is 13.1 Å². The molecule has 2 heterocycles. The van der Waals surface area contributed by atoms with Gasteiger partial charge < -0.3 is 10.2 Å². The van der Waals surface area contributed by atoms with Gasteiger partial charge in [0.1, 0.15) is 0 Å². The fraction of sp³-hybridized carbons (Fsp3) is 0.833. The summed E-state index contributed by atoms with van der Waals surface area (Å²) in [6.45, 7) is 2.45. The summed E-state index contributed by atoms with van der Waals surface area (Å²) in [5, 5.41) is 17.2. The highest BCUT2D eigenvalue weighted by Crippen LogP contribution is 2.30. The molecule has 1 saturated carbocycles. The van der Waals surface area contributed by atoms with Gasteiger partial charge in [-0.1, -0.05) is 5.21 Å². The number of nitrogens with one attached hydrogen (secondary N) is 2. The van der Waals surface area contributed by atoms with Gasteiger partial charge in [-0.3, -0.25) is 4.79 Å². The molecule has 0 aromatic carbocycles. The van der Waals surface area contributed by atoms with Crippen LogP contribution in [0.1, 0.15) is 37.9 Å². The molecule has 1 aromatic heterocycles. The molecule has 104 valence electrons. The first-order valence-corrected chi connectivity index (χ1v) is 7.05. The number of carbonyl (C=O) groups excluding carboxylic acids is 1. The van der Waals surface area contributed by atoms with E-state index >= 15 is 0 Å². The second-order valence-corrected chi connectivity index (χ2v) is 5.52. The third kappa shape index (κ3) is 3.50. The van der Waals surface area contributed by atoms with Crippen molar-refractivity contribution in [1.82, 2.24) is 30.8 Å². The number of rotatable bonds is 5. The largest absolute Gasteiger partial charge is 0.342 e. The molecule has 3 rings (SSSR count). The zero-order valence-corrected chi connectivity index (χ0v) is 11.0. The van der Waals surface area contributed by atoms with Crippen LogP contribution in [0.2, 0.25) is 0 Å². The maximum atomic E-state index is 12.0. The molecule has 0 radical (unpaired) electrons. The minimum Gasteiger partial charge on any atom is -0.342 e. The Morgan fingerprint density at radius 1 is 1.32 bits per heavy atom. The van der Waals surface area contributed by atoms with E-state index in [1.54, 1.807) is 0 Å². The Morgan fingerprint density at radius 3 is 2.95 bits per heavy atom. The SMILES string of the molecule is O=C1CCC(NCc2nn[nH]n2)CCN1CC1CC1. The van der Waals surface area contributed by atoms with E-state index in [2.05, 4.69) is 25.9 Å². The maximum absolute atomic E-state index is 12.0. The van der Waals surface area contributed by atoms with E-state index in [0.717, 1.165) is 31.8 Å². The molecule has 7 heteroatoms. The predicted molar refractivity (Wildman–Crippen MR) is 68.0 cm³/mol. The Labute approximate surface area is 112 Å². The molecule has 1 aliphatic heterocycles. The molecule has 2 N–H and O–H groups in total. The molecule has 1 atom stereocenters. The average molecular weight is 264 g/mol. The molecule has 1 saturated heterocycles. The van der Waals surface area contributed by atoms with Crippen LogP contribution in [-0.4, -0.2) is 50.6 Å². The van der Waals surface area contributed by atoms with Crippen LogP contribution in [0.25, 0.3) is 0 Å². The van der Waals surface area contributed by atoms with Gasteiger partial charge in [-0.15, -0.1) is 10.2 Å². The minimum absolute atomic E-state index is 0.316. The molecule has 1 amide bonds. The quantitative estimate of drug-likeness (QED) is 0.786. The van der Waals surface area contributed by atoms with Gasteiger partial charge in [0, 0.05) is 25.6 Å². The van der Waals surface area contributed by atoms with Crippen LogP contribution in [0.3, 0.4) is 0 Å². The molecular formula is C12H20N6O. The number of H-pyrrole nitrogens is 1. The van der Waals surface area contributed by atoms with Crippen LogP contribution in [0.4, 0.5) is 0 Å². The van der Waals surface area contributed by atoms with E-state index < -0.39 is 0 Å². The predicted octanol–water partition coefficient (Wildman–Crippen LogP) is 0.0804. The van der Waals surface area contributed by atoms with Gasteiger partial charge in [0.25, 0.3) is 0 Å². The summed E-state index contributed by atoms with van der Waals surface area (Å²) in [5.74, 6) is 1.76. The summed E-state index contributed by atoms with van der Waals surface area (Å²) >= 11 is 0. The standard InChI is InChI=1S/C12H20N6O/c19-12-4-3-10(13-7-11-14-16-17-15-11)5-6-18(12)8-9-1-2-9/h9-10,13H,1-8H2,(H,14,15,16,17). The molecule has 0 spiro atoms. The van der Waals surface area contributed by atoms with Crippen molar-refractivity contribution in [3.63, 3.8) is 0 Å². The number of aromatic amines is 1. The van der Waals surface area contributed by atoms with Crippen molar-refractivity contribution >= 4 is 5.91 Å². The fourth-order valence-corrected chi connectivity index (χ4v) is 2.54. The number of tetrazole rings is 1. The van der Waals surface area contributed by atoms with Gasteiger partial charge in [-0.05, 0) is 31.6 Å². The van der Waals surface area contributed by atoms with E-state index in [1.165, 1.54) is 12.8 Å². The zero-order chi connectivity index (χ0) is 13.1. The average Bonchev–Trinajstić information content (AvgIpc) is 3.12. The van der Waals surface area contributed by atoms with Gasteiger partial charge in [-0.25, -0.2) is 0 Å². The lowest BCUT2D eigenvalue weighted by Gasteiger charge is -2.20. The Kier molecular flexibility index (Phi) is 3.72. The molecule has 1 unspecified atom stereocenters. The lowest BCUT2D eigenvalue weighted by molar-refractivity contribution is -0.130. The van der Waals surface area contributed by atoms with Crippen molar-refractivity contribution < 1.29 is 4.79 Å². The number of likely N-dealkylation sites (tertiary alicyclic amines) is 1. The lowest BCUT2D eigenvalue weighted by Crippen LogP contribution is -2.33. The minimum atomic E-state index is 0.316. The molecule has 1 aromatic rings. The third-order valence-corrected chi connectivity index (χ3v) is 3.92. The Hall–Kier alpha value is -1.50. The first-order valence-electron chi connectivity index (χ1n) is 7.05. The van der Waals surface area contributed by atoms with Gasteiger partial charge in [0.15, 0.2) is 5.82 Å². The first-order chi connectivity index (χ1) is 9.31. The Bertz CT molecular complexity index is 416. The summed E-state index contributed by atoms with van der Waals surface area (Å²) < 4.78 is 0. The summed E-state index contributed by atoms with van der Waals surface area (Å²) in [7, 11) is 0. The number of hydrogen-bond donors (Lipinski definition) is 2. The molecule has 1 aliphatic carbocycles. The summed E-state index contributed by atoms with van der Waals surface area (Å²) in [6, 6.07) is 0.367. The van der Waals surface area contributed by atoms with Gasteiger partial charge in [-0.2, -0.15) is 5.21 Å². The second-order valence-electron chi connectivity index (χ2n) is 5.52. The van der Waals surface area contributed by atoms with Crippen LogP contribution in [0.5, 0.6) is 0 Å². The van der Waals surface area contributed by atoms with Crippen LogP contribution in [0, 0.1) is 5.92 Å². The molecule has 0 bridgehead atoms. The number of carbonyl (C=O) groups is 1. The normalized spacial score (nSPS) is 24.5. The molecule has 2 aliphatic rings. The number of aromatic nitrogens is 4.